The Morgan fingerprint density at radius 2 is 1.78 bits per heavy atom. The van der Waals surface area contributed by atoms with E-state index in [0.29, 0.717) is 12.0 Å². The molecule has 4 nitrogen and oxygen atoms in total. The number of thioether (sulfide) groups is 1. The van der Waals surface area contributed by atoms with Gasteiger partial charge in [-0.25, -0.2) is 0 Å². The summed E-state index contributed by atoms with van der Waals surface area (Å²) in [5.74, 6) is 2.37. The lowest BCUT2D eigenvalue weighted by Crippen LogP contribution is -2.44. The first-order chi connectivity index (χ1) is 17.7. The summed E-state index contributed by atoms with van der Waals surface area (Å²) >= 11 is 1.80. The van der Waals surface area contributed by atoms with E-state index in [1.54, 1.807) is 26.0 Å². The zero-order valence-electron chi connectivity index (χ0n) is 22.0. The van der Waals surface area contributed by atoms with Crippen LogP contribution in [-0.4, -0.2) is 46.2 Å². The number of rotatable bonds is 9. The molecule has 3 aliphatic rings. The van der Waals surface area contributed by atoms with Crippen LogP contribution in [0.2, 0.25) is 0 Å². The molecule has 0 radical (unpaired) electrons. The van der Waals surface area contributed by atoms with Gasteiger partial charge in [-0.15, -0.1) is 11.8 Å². The van der Waals surface area contributed by atoms with Crippen LogP contribution in [0.1, 0.15) is 62.0 Å². The van der Waals surface area contributed by atoms with E-state index in [2.05, 4.69) is 65.0 Å². The summed E-state index contributed by atoms with van der Waals surface area (Å²) in [6.45, 7) is 3.15. The normalized spacial score (nSPS) is 18.8. The predicted octanol–water partition coefficient (Wildman–Crippen LogP) is 7.06. The fourth-order valence-corrected chi connectivity index (χ4v) is 6.24. The number of hydrogen-bond acceptors (Lipinski definition) is 5. The van der Waals surface area contributed by atoms with Gasteiger partial charge in [0.05, 0.1) is 14.2 Å². The van der Waals surface area contributed by atoms with Crippen molar-refractivity contribution in [2.45, 2.75) is 61.8 Å². The van der Waals surface area contributed by atoms with E-state index in [1.165, 1.54) is 65.0 Å². The van der Waals surface area contributed by atoms with E-state index in [9.17, 15) is 0 Å². The van der Waals surface area contributed by atoms with E-state index >= 15 is 0 Å². The molecule has 1 saturated carbocycles. The van der Waals surface area contributed by atoms with Gasteiger partial charge >= 0.3 is 0 Å². The Hall–Kier alpha value is -2.37. The quantitative estimate of drug-likeness (QED) is 0.370. The molecule has 0 bridgehead atoms. The molecule has 5 heteroatoms. The molecule has 2 aliphatic carbocycles. The SMILES string of the molecule is COc1cc(C2=CC(CN(c3ccc(SC)cc3)C3CCNCC3)=CCC2)cc(C2CCC2)c1OC. The van der Waals surface area contributed by atoms with Gasteiger partial charge in [0.15, 0.2) is 11.5 Å². The molecule has 192 valence electrons. The standard InChI is InChI=1S/C31H40N2O2S/c1-34-30-20-25(19-29(31(30)35-2)23-7-5-8-23)24-9-4-6-22(18-24)21-33(27-14-16-32-17-15-27)26-10-12-28(36-3)13-11-26/h6,10-13,18-20,23,27,32H,4-5,7-9,14-17,21H2,1-3H3. The molecule has 0 unspecified atom stereocenters. The van der Waals surface area contributed by atoms with E-state index in [1.807, 2.05) is 0 Å². The monoisotopic (exact) mass is 504 g/mol. The molecule has 0 atom stereocenters. The molecule has 2 aromatic carbocycles. The first-order valence-corrected chi connectivity index (χ1v) is 14.7. The van der Waals surface area contributed by atoms with E-state index < -0.39 is 0 Å². The summed E-state index contributed by atoms with van der Waals surface area (Å²) in [5.41, 5.74) is 6.78. The van der Waals surface area contributed by atoms with E-state index in [-0.39, 0.29) is 0 Å². The lowest BCUT2D eigenvalue weighted by molar-refractivity contribution is 0.337. The number of benzene rings is 2. The number of allylic oxidation sites excluding steroid dienone is 2. The molecule has 2 aromatic rings. The van der Waals surface area contributed by atoms with Crippen molar-refractivity contribution in [2.24, 2.45) is 0 Å². The van der Waals surface area contributed by atoms with Gasteiger partial charge in [0.25, 0.3) is 0 Å². The third-order valence-corrected chi connectivity index (χ3v) is 8.85. The summed E-state index contributed by atoms with van der Waals surface area (Å²) in [4.78, 5) is 3.96. The van der Waals surface area contributed by atoms with Crippen molar-refractivity contribution < 1.29 is 9.47 Å². The van der Waals surface area contributed by atoms with Crippen LogP contribution in [0, 0.1) is 0 Å². The van der Waals surface area contributed by atoms with Crippen molar-refractivity contribution in [2.75, 3.05) is 45.0 Å². The number of piperidine rings is 1. The third kappa shape index (κ3) is 5.47. The van der Waals surface area contributed by atoms with Crippen LogP contribution >= 0.6 is 11.8 Å². The summed E-state index contributed by atoms with van der Waals surface area (Å²) in [6.07, 6.45) is 15.4. The Kier molecular flexibility index (Phi) is 8.28. The van der Waals surface area contributed by atoms with E-state index in [0.717, 1.165) is 44.0 Å². The highest BCUT2D eigenvalue weighted by Crippen LogP contribution is 2.46. The Balaban J connectivity index is 1.43. The van der Waals surface area contributed by atoms with Crippen molar-refractivity contribution in [1.29, 1.82) is 0 Å². The van der Waals surface area contributed by atoms with Gasteiger partial charge < -0.3 is 19.7 Å². The maximum atomic E-state index is 5.80. The van der Waals surface area contributed by atoms with Crippen molar-refractivity contribution in [3.8, 4) is 11.5 Å². The van der Waals surface area contributed by atoms with Crippen LogP contribution < -0.4 is 19.7 Å². The minimum absolute atomic E-state index is 0.567. The van der Waals surface area contributed by atoms with Crippen LogP contribution in [0.25, 0.3) is 5.57 Å². The van der Waals surface area contributed by atoms with Crippen molar-refractivity contribution in [3.05, 3.63) is 65.3 Å². The van der Waals surface area contributed by atoms with Gasteiger partial charge in [0.2, 0.25) is 0 Å². The summed E-state index contributed by atoms with van der Waals surface area (Å²) in [7, 11) is 3.52. The van der Waals surface area contributed by atoms with Crippen molar-refractivity contribution in [3.63, 3.8) is 0 Å². The molecule has 1 N–H and O–H groups in total. The number of methoxy groups -OCH3 is 2. The first kappa shape index (κ1) is 25.3. The van der Waals surface area contributed by atoms with Gasteiger partial charge in [-0.3, -0.25) is 0 Å². The minimum Gasteiger partial charge on any atom is -0.493 e. The summed E-state index contributed by atoms with van der Waals surface area (Å²) < 4.78 is 11.6. The lowest BCUT2D eigenvalue weighted by Gasteiger charge is -2.37. The smallest absolute Gasteiger partial charge is 0.164 e. The number of hydrogen-bond donors (Lipinski definition) is 1. The van der Waals surface area contributed by atoms with Gasteiger partial charge in [-0.2, -0.15) is 0 Å². The molecule has 5 rings (SSSR count). The molecular formula is C31H40N2O2S. The molecule has 0 amide bonds. The Morgan fingerprint density at radius 3 is 2.42 bits per heavy atom. The molecule has 0 aromatic heterocycles. The molecule has 1 saturated heterocycles. The van der Waals surface area contributed by atoms with Crippen LogP contribution in [-0.2, 0) is 0 Å². The first-order valence-electron chi connectivity index (χ1n) is 13.5. The van der Waals surface area contributed by atoms with Gasteiger partial charge in [-0.05, 0) is 117 Å². The van der Waals surface area contributed by atoms with Crippen molar-refractivity contribution >= 4 is 23.0 Å². The molecule has 0 spiro atoms. The largest absolute Gasteiger partial charge is 0.493 e. The second kappa shape index (κ2) is 11.8. The lowest BCUT2D eigenvalue weighted by atomic mass is 9.78. The van der Waals surface area contributed by atoms with Crippen molar-refractivity contribution in [1.82, 2.24) is 5.32 Å². The fourth-order valence-electron chi connectivity index (χ4n) is 5.83. The van der Waals surface area contributed by atoms with Crippen LogP contribution in [0.15, 0.2) is 59.0 Å². The Morgan fingerprint density at radius 1 is 1.00 bits per heavy atom. The maximum absolute atomic E-state index is 5.80. The summed E-state index contributed by atoms with van der Waals surface area (Å²) in [5, 5.41) is 3.54. The van der Waals surface area contributed by atoms with Crippen LogP contribution in [0.3, 0.4) is 0 Å². The topological polar surface area (TPSA) is 33.7 Å². The maximum Gasteiger partial charge on any atom is 0.164 e. The predicted molar refractivity (Wildman–Crippen MR) is 153 cm³/mol. The number of nitrogens with zero attached hydrogens (tertiary/aromatic N) is 1. The van der Waals surface area contributed by atoms with Crippen LogP contribution in [0.4, 0.5) is 5.69 Å². The van der Waals surface area contributed by atoms with Crippen LogP contribution in [0.5, 0.6) is 11.5 Å². The molecule has 36 heavy (non-hydrogen) atoms. The Bertz CT molecular complexity index is 1100. The van der Waals surface area contributed by atoms with Gasteiger partial charge in [-0.1, -0.05) is 18.6 Å². The number of ether oxygens (including phenoxy) is 2. The zero-order chi connectivity index (χ0) is 24.9. The molecule has 2 fully saturated rings. The summed E-state index contributed by atoms with van der Waals surface area (Å²) in [6, 6.07) is 14.3. The molecule has 1 aliphatic heterocycles. The highest BCUT2D eigenvalue weighted by atomic mass is 32.2. The van der Waals surface area contributed by atoms with Gasteiger partial charge in [0, 0.05) is 28.7 Å². The molecular weight excluding hydrogens is 464 g/mol. The van der Waals surface area contributed by atoms with Gasteiger partial charge in [0.1, 0.15) is 0 Å². The van der Waals surface area contributed by atoms with E-state index in [4.69, 9.17) is 9.47 Å². The number of anilines is 1. The minimum atomic E-state index is 0.567. The number of nitrogens with one attached hydrogen (secondary N) is 1. The third-order valence-electron chi connectivity index (χ3n) is 8.11. The highest BCUT2D eigenvalue weighted by Gasteiger charge is 2.27. The Labute approximate surface area is 221 Å². The zero-order valence-corrected chi connectivity index (χ0v) is 22.8. The molecule has 1 heterocycles. The second-order valence-corrected chi connectivity index (χ2v) is 11.1. The second-order valence-electron chi connectivity index (χ2n) is 10.2. The average molecular weight is 505 g/mol. The average Bonchev–Trinajstić information content (AvgIpc) is 2.91. The highest BCUT2D eigenvalue weighted by molar-refractivity contribution is 7.98. The fraction of sp³-hybridized carbons (Fsp3) is 0.484.